The first-order valence-corrected chi connectivity index (χ1v) is 17.6. The van der Waals surface area contributed by atoms with Crippen LogP contribution < -0.4 is 15.1 Å². The fourth-order valence-corrected chi connectivity index (χ4v) is 7.22. The van der Waals surface area contributed by atoms with E-state index in [1.807, 2.05) is 44.2 Å². The zero-order chi connectivity index (χ0) is 34.7. The maximum atomic E-state index is 5.06. The molecule has 0 radical (unpaired) electrons. The van der Waals surface area contributed by atoms with Crippen LogP contribution in [0.15, 0.2) is 152 Å². The number of hydrogen-bond donors (Lipinski definition) is 0. The van der Waals surface area contributed by atoms with Gasteiger partial charge < -0.3 is 4.57 Å². The number of benzene rings is 4. The third-order valence-electron chi connectivity index (χ3n) is 9.64. The average molecular weight is 660 g/mol. The van der Waals surface area contributed by atoms with E-state index in [2.05, 4.69) is 143 Å². The number of fused-ring (bicyclic) bond motifs is 6. The lowest BCUT2D eigenvalue weighted by Crippen LogP contribution is -2.30. The highest BCUT2D eigenvalue weighted by molar-refractivity contribution is 6.03. The van der Waals surface area contributed by atoms with Gasteiger partial charge in [0.25, 0.3) is 0 Å². The minimum Gasteiger partial charge on any atom is -0.309 e. The Morgan fingerprint density at radius 1 is 0.725 bits per heavy atom. The topological polar surface area (TPSA) is 33.7 Å². The first-order valence-electron chi connectivity index (χ1n) is 17.6. The van der Waals surface area contributed by atoms with Crippen molar-refractivity contribution in [3.8, 4) is 28.1 Å². The molecule has 2 aliphatic rings. The molecule has 0 spiro atoms. The number of para-hydroxylation sites is 2. The second kappa shape index (κ2) is 13.9. The van der Waals surface area contributed by atoms with E-state index in [9.17, 15) is 0 Å². The molecule has 4 nitrogen and oxygen atoms in total. The lowest BCUT2D eigenvalue weighted by molar-refractivity contribution is 1.02. The van der Waals surface area contributed by atoms with E-state index in [0.29, 0.717) is 5.82 Å². The van der Waals surface area contributed by atoms with Crippen LogP contribution in [0.1, 0.15) is 38.2 Å². The third-order valence-corrected chi connectivity index (χ3v) is 9.64. The first-order chi connectivity index (χ1) is 25.2. The highest BCUT2D eigenvalue weighted by Gasteiger charge is 2.32. The largest absolute Gasteiger partial charge is 0.309 e. The van der Waals surface area contributed by atoms with Crippen molar-refractivity contribution >= 4 is 51.8 Å². The Hall–Kier alpha value is -6.39. The molecule has 8 rings (SSSR count). The lowest BCUT2D eigenvalue weighted by Gasteiger charge is -2.10. The van der Waals surface area contributed by atoms with Crippen molar-refractivity contribution in [1.29, 1.82) is 0 Å². The van der Waals surface area contributed by atoms with Gasteiger partial charge in [-0.15, -0.1) is 0 Å². The summed E-state index contributed by atoms with van der Waals surface area (Å²) in [6.07, 6.45) is 23.2. The second-order valence-electron chi connectivity index (χ2n) is 12.6. The van der Waals surface area contributed by atoms with E-state index in [1.165, 1.54) is 49.7 Å². The van der Waals surface area contributed by atoms with Crippen LogP contribution in [-0.4, -0.2) is 20.7 Å². The molecule has 0 amide bonds. The van der Waals surface area contributed by atoms with Gasteiger partial charge in [-0.2, -0.15) is 4.58 Å². The van der Waals surface area contributed by atoms with Crippen molar-refractivity contribution in [2.75, 3.05) is 0 Å². The average Bonchev–Trinajstić information content (AvgIpc) is 3.68. The van der Waals surface area contributed by atoms with Crippen LogP contribution in [0.5, 0.6) is 0 Å². The summed E-state index contributed by atoms with van der Waals surface area (Å²) in [4.78, 5) is 10.1. The van der Waals surface area contributed by atoms with Crippen LogP contribution in [0.2, 0.25) is 0 Å². The van der Waals surface area contributed by atoms with Crippen molar-refractivity contribution in [2.45, 2.75) is 26.7 Å². The molecule has 0 bridgehead atoms. The molecule has 0 unspecified atom stereocenters. The highest BCUT2D eigenvalue weighted by Crippen LogP contribution is 2.46. The van der Waals surface area contributed by atoms with Gasteiger partial charge in [0.15, 0.2) is 12.0 Å². The van der Waals surface area contributed by atoms with Crippen LogP contribution in [-0.2, 0) is 0 Å². The van der Waals surface area contributed by atoms with Crippen LogP contribution in [0, 0.1) is 0 Å². The summed E-state index contributed by atoms with van der Waals surface area (Å²) in [6, 6.07) is 36.5. The number of hydrogen-bond acceptors (Lipinski definition) is 2. The number of rotatable bonds is 8. The van der Waals surface area contributed by atoms with Crippen LogP contribution in [0.4, 0.5) is 11.4 Å². The maximum Gasteiger partial charge on any atom is 0.221 e. The summed E-state index contributed by atoms with van der Waals surface area (Å²) in [7, 11) is 0. The van der Waals surface area contributed by atoms with Crippen molar-refractivity contribution in [3.63, 3.8) is 0 Å². The van der Waals surface area contributed by atoms with Gasteiger partial charge in [0, 0.05) is 51.0 Å². The van der Waals surface area contributed by atoms with Crippen molar-refractivity contribution in [1.82, 2.24) is 19.1 Å². The zero-order valence-corrected chi connectivity index (χ0v) is 29.0. The van der Waals surface area contributed by atoms with Gasteiger partial charge in [0.2, 0.25) is 11.4 Å². The summed E-state index contributed by atoms with van der Waals surface area (Å²) in [5, 5.41) is 3.91. The van der Waals surface area contributed by atoms with E-state index in [4.69, 9.17) is 9.97 Å². The molecule has 0 fully saturated rings. The predicted molar refractivity (Wildman–Crippen MR) is 217 cm³/mol. The molecule has 246 valence electrons. The van der Waals surface area contributed by atoms with E-state index in [0.717, 1.165) is 40.9 Å². The quantitative estimate of drug-likeness (QED) is 0.120. The summed E-state index contributed by atoms with van der Waals surface area (Å²) in [5.74, 6) is 0.674. The fraction of sp³-hybridized carbons (Fsp3) is 0.0851. The standard InChI is InChI=1S/C47H39N4/c1-4-7-19-33(5-2)41-31-42(35-20-10-8-11-21-35)49-47(48-41)34(6-3)22-18-29-50-43-27-16-14-25-37(43)39-30-40-38-26-15-17-28-44(38)51(46(40)32-45(39)50)36-23-12-9-13-24-36/h4-14,16,18-32H,1,15,17H2,2-3H3/q+1/b19-7-,22-18-,33-5+,34-6+,50-29?. The molecule has 1 aliphatic carbocycles. The second-order valence-corrected chi connectivity index (χ2v) is 12.6. The minimum absolute atomic E-state index is 0.674. The molecular weight excluding hydrogens is 621 g/mol. The van der Waals surface area contributed by atoms with E-state index < -0.39 is 0 Å². The molecule has 4 aromatic carbocycles. The molecule has 4 heteroatoms. The first kappa shape index (κ1) is 31.9. The van der Waals surface area contributed by atoms with Gasteiger partial charge >= 0.3 is 0 Å². The normalized spacial score (nSPS) is 14.8. The van der Waals surface area contributed by atoms with E-state index in [-0.39, 0.29) is 0 Å². The molecule has 3 heterocycles. The number of allylic oxidation sites excluding steroid dienone is 9. The molecule has 2 aromatic heterocycles. The Bertz CT molecular complexity index is 2590. The molecule has 0 atom stereocenters. The van der Waals surface area contributed by atoms with Crippen molar-refractivity contribution in [3.05, 3.63) is 174 Å². The SMILES string of the molecule is C=C/C=C\C(=C/C)c1cc(-c2ccccc2)nc(C(/C=C\C=[N+]2c3ccccc3-c3cc4c5c(n(-c6ccccc6)c4cc32)=CCCC=5)=C/C)n1. The summed E-state index contributed by atoms with van der Waals surface area (Å²) < 4.78 is 4.74. The number of aromatic nitrogens is 3. The smallest absolute Gasteiger partial charge is 0.221 e. The molecule has 0 N–H and O–H groups in total. The van der Waals surface area contributed by atoms with E-state index in [1.54, 1.807) is 6.08 Å². The number of nitrogens with zero attached hydrogens (tertiary/aromatic N) is 4. The minimum atomic E-state index is 0.674. The van der Waals surface area contributed by atoms with Crippen LogP contribution in [0.25, 0.3) is 62.3 Å². The molecule has 51 heavy (non-hydrogen) atoms. The Labute approximate surface area is 299 Å². The predicted octanol–water partition coefficient (Wildman–Crippen LogP) is 10.1. The summed E-state index contributed by atoms with van der Waals surface area (Å²) >= 11 is 0. The molecule has 1 aliphatic heterocycles. The Morgan fingerprint density at radius 2 is 1.45 bits per heavy atom. The zero-order valence-electron chi connectivity index (χ0n) is 29.0. The molecule has 6 aromatic rings. The third kappa shape index (κ3) is 5.85. The maximum absolute atomic E-state index is 5.06. The Balaban J connectivity index is 1.25. The monoisotopic (exact) mass is 659 g/mol. The van der Waals surface area contributed by atoms with Gasteiger partial charge in [-0.05, 0) is 68.7 Å². The summed E-state index contributed by atoms with van der Waals surface area (Å²) in [6.45, 7) is 7.92. The molecule has 0 saturated carbocycles. The lowest BCUT2D eigenvalue weighted by atomic mass is 10.0. The Kier molecular flexibility index (Phi) is 8.65. The van der Waals surface area contributed by atoms with Gasteiger partial charge in [0.05, 0.1) is 28.0 Å². The molecular formula is C47H39N4+. The fourth-order valence-electron chi connectivity index (χ4n) is 7.22. The Morgan fingerprint density at radius 3 is 2.24 bits per heavy atom. The van der Waals surface area contributed by atoms with Crippen molar-refractivity contribution in [2.24, 2.45) is 0 Å². The van der Waals surface area contributed by atoms with Gasteiger partial charge in [-0.25, -0.2) is 9.97 Å². The van der Waals surface area contributed by atoms with Gasteiger partial charge in [0.1, 0.15) is 0 Å². The highest BCUT2D eigenvalue weighted by atomic mass is 15.0. The van der Waals surface area contributed by atoms with Gasteiger partial charge in [-0.1, -0.05) is 110 Å². The van der Waals surface area contributed by atoms with Crippen molar-refractivity contribution < 1.29 is 0 Å². The van der Waals surface area contributed by atoms with Crippen LogP contribution >= 0.6 is 0 Å². The summed E-state index contributed by atoms with van der Waals surface area (Å²) in [5.41, 5.74) is 11.9. The molecule has 0 saturated heterocycles. The van der Waals surface area contributed by atoms with Crippen LogP contribution in [0.3, 0.4) is 0 Å². The van der Waals surface area contributed by atoms with Gasteiger partial charge in [-0.3, -0.25) is 0 Å². The van der Waals surface area contributed by atoms with E-state index >= 15 is 0 Å².